The van der Waals surface area contributed by atoms with E-state index in [1.54, 1.807) is 65.0 Å². The molecule has 1 aliphatic heterocycles. The maximum absolute atomic E-state index is 13.6. The Morgan fingerprint density at radius 2 is 1.76 bits per heavy atom. The van der Waals surface area contributed by atoms with E-state index >= 15 is 0 Å². The van der Waals surface area contributed by atoms with Crippen LogP contribution in [0.2, 0.25) is 0 Å². The Balaban J connectivity index is 2.04. The van der Waals surface area contributed by atoms with Crippen LogP contribution in [0.25, 0.3) is 0 Å². The number of amides is 5. The number of aliphatic carboxylic acids is 1. The number of carboxylic acid groups (broad SMARTS) is 1. The molecule has 0 radical (unpaired) electrons. The van der Waals surface area contributed by atoms with Gasteiger partial charge in [-0.15, -0.1) is 11.8 Å². The Morgan fingerprint density at radius 3 is 2.33 bits per heavy atom. The summed E-state index contributed by atoms with van der Waals surface area (Å²) >= 11 is 1.35. The van der Waals surface area contributed by atoms with Crippen molar-refractivity contribution in [2.75, 3.05) is 31.8 Å². The molecule has 4 atom stereocenters. The monoisotopic (exact) mass is 609 g/mol. The van der Waals surface area contributed by atoms with Gasteiger partial charge in [0.2, 0.25) is 11.8 Å². The highest BCUT2D eigenvalue weighted by atomic mass is 32.2. The van der Waals surface area contributed by atoms with Crippen LogP contribution < -0.4 is 16.0 Å². The molecule has 1 unspecified atom stereocenters. The van der Waals surface area contributed by atoms with Gasteiger partial charge in [0, 0.05) is 25.9 Å². The number of nitrogens with zero attached hydrogens (tertiary/aromatic N) is 2. The van der Waals surface area contributed by atoms with E-state index in [1.807, 2.05) is 0 Å². The van der Waals surface area contributed by atoms with Gasteiger partial charge in [0.1, 0.15) is 17.7 Å². The second-order valence-electron chi connectivity index (χ2n) is 11.4. The van der Waals surface area contributed by atoms with Crippen molar-refractivity contribution in [1.29, 1.82) is 0 Å². The van der Waals surface area contributed by atoms with Gasteiger partial charge in [0.25, 0.3) is 0 Å². The molecule has 1 aromatic carbocycles. The largest absolute Gasteiger partial charge is 0.479 e. The smallest absolute Gasteiger partial charge is 0.407 e. The van der Waals surface area contributed by atoms with E-state index in [-0.39, 0.29) is 37.1 Å². The van der Waals surface area contributed by atoms with Crippen molar-refractivity contribution >= 4 is 41.7 Å². The highest BCUT2D eigenvalue weighted by Crippen LogP contribution is 2.24. The molecule has 1 aromatic rings. The molecule has 1 saturated heterocycles. The lowest BCUT2D eigenvalue weighted by Gasteiger charge is -2.32. The number of alkyl carbamates (subject to hydrolysis) is 1. The molecule has 13 nitrogen and oxygen atoms in total. The molecule has 234 valence electrons. The first-order chi connectivity index (χ1) is 19.6. The van der Waals surface area contributed by atoms with Crippen molar-refractivity contribution in [3.05, 3.63) is 35.9 Å². The third-order valence-corrected chi connectivity index (χ3v) is 7.41. The first kappa shape index (κ1) is 34.7. The van der Waals surface area contributed by atoms with Gasteiger partial charge in [-0.25, -0.2) is 14.4 Å². The van der Waals surface area contributed by atoms with Crippen LogP contribution in [0.15, 0.2) is 30.3 Å². The quantitative estimate of drug-likeness (QED) is 0.233. The third kappa shape index (κ3) is 10.7. The van der Waals surface area contributed by atoms with Crippen molar-refractivity contribution in [3.8, 4) is 0 Å². The maximum atomic E-state index is 13.6. The van der Waals surface area contributed by atoms with Gasteiger partial charge in [-0.3, -0.25) is 9.59 Å². The lowest BCUT2D eigenvalue weighted by atomic mass is 10.00. The third-order valence-electron chi connectivity index (χ3n) is 6.40. The molecule has 0 aromatic heterocycles. The predicted octanol–water partition coefficient (Wildman–Crippen LogP) is 1.25. The number of nitrogens with one attached hydrogen (secondary N) is 3. The minimum atomic E-state index is -1.85. The lowest BCUT2D eigenvalue weighted by Crippen LogP contribution is -2.59. The number of thioether (sulfide) groups is 1. The second-order valence-corrected chi connectivity index (χ2v) is 12.4. The van der Waals surface area contributed by atoms with E-state index in [4.69, 9.17) is 4.74 Å². The van der Waals surface area contributed by atoms with Gasteiger partial charge < -0.3 is 40.7 Å². The van der Waals surface area contributed by atoms with E-state index < -0.39 is 59.7 Å². The highest BCUT2D eigenvalue weighted by Gasteiger charge is 2.41. The second kappa shape index (κ2) is 15.6. The summed E-state index contributed by atoms with van der Waals surface area (Å²) in [5.41, 5.74) is 0.0736. The number of aliphatic hydroxyl groups is 1. The standard InChI is InChI=1S/C28H43N5O8S/c1-17(2)21(31-26(39)32(6)13-12-29-27(40)41-28(3,4)5)24(36)33-16-42-15-20(33)23(35)30-19(22(34)25(37)38)14-18-10-8-7-9-11-18/h7-11,17,19-22,34H,12-16H2,1-6H3,(H,29,40)(H,30,35)(H,31,39)(H,37,38)/t19-,20-,21-,22?/m0/s1. The molecule has 0 aliphatic carbocycles. The molecule has 5 amide bonds. The summed E-state index contributed by atoms with van der Waals surface area (Å²) in [6.07, 6.45) is -2.38. The van der Waals surface area contributed by atoms with Crippen molar-refractivity contribution in [1.82, 2.24) is 25.8 Å². The molecule has 14 heteroatoms. The molecular weight excluding hydrogens is 566 g/mol. The lowest BCUT2D eigenvalue weighted by molar-refractivity contribution is -0.149. The topological polar surface area (TPSA) is 178 Å². The van der Waals surface area contributed by atoms with Gasteiger partial charge in [-0.05, 0) is 38.7 Å². The number of rotatable bonds is 12. The fraction of sp³-hybridized carbons (Fsp3) is 0.607. The van der Waals surface area contributed by atoms with E-state index in [9.17, 15) is 34.2 Å². The van der Waals surface area contributed by atoms with Gasteiger partial charge in [0.15, 0.2) is 6.10 Å². The molecule has 2 rings (SSSR count). The van der Waals surface area contributed by atoms with Crippen LogP contribution >= 0.6 is 11.8 Å². The van der Waals surface area contributed by atoms with Gasteiger partial charge in [0.05, 0.1) is 11.9 Å². The fourth-order valence-electron chi connectivity index (χ4n) is 4.11. The van der Waals surface area contributed by atoms with Gasteiger partial charge in [-0.2, -0.15) is 0 Å². The number of aliphatic hydroxyl groups excluding tert-OH is 1. The molecule has 42 heavy (non-hydrogen) atoms. The summed E-state index contributed by atoms with van der Waals surface area (Å²) in [6, 6.07) is 5.33. The Hall–Kier alpha value is -3.52. The molecule has 1 fully saturated rings. The van der Waals surface area contributed by atoms with Crippen LogP contribution in [-0.4, -0.2) is 112 Å². The van der Waals surface area contributed by atoms with Crippen LogP contribution in [0, 0.1) is 5.92 Å². The minimum absolute atomic E-state index is 0.0770. The van der Waals surface area contributed by atoms with Crippen molar-refractivity contribution in [2.24, 2.45) is 5.92 Å². The normalized spacial score (nSPS) is 17.1. The molecule has 0 bridgehead atoms. The molecule has 5 N–H and O–H groups in total. The number of benzene rings is 1. The zero-order chi connectivity index (χ0) is 31.6. The Morgan fingerprint density at radius 1 is 1.12 bits per heavy atom. The fourth-order valence-corrected chi connectivity index (χ4v) is 5.28. The molecule has 0 saturated carbocycles. The molecular formula is C28H43N5O8S. The Kier molecular flexibility index (Phi) is 12.9. The molecule has 1 aliphatic rings. The van der Waals surface area contributed by atoms with Crippen molar-refractivity contribution in [2.45, 2.75) is 70.9 Å². The number of likely N-dealkylation sites (N-methyl/N-ethyl adjacent to an activating group) is 1. The Labute approximate surface area is 250 Å². The summed E-state index contributed by atoms with van der Waals surface area (Å²) in [4.78, 5) is 65.9. The number of carbonyl (C=O) groups excluding carboxylic acids is 4. The first-order valence-electron chi connectivity index (χ1n) is 13.7. The summed E-state index contributed by atoms with van der Waals surface area (Å²) in [5.74, 6) is -2.36. The highest BCUT2D eigenvalue weighted by molar-refractivity contribution is 7.99. The van der Waals surface area contributed by atoms with Crippen molar-refractivity contribution < 1.29 is 38.9 Å². The molecule has 0 spiro atoms. The average molecular weight is 610 g/mol. The maximum Gasteiger partial charge on any atom is 0.407 e. The Bertz CT molecular complexity index is 1100. The summed E-state index contributed by atoms with van der Waals surface area (Å²) < 4.78 is 5.18. The average Bonchev–Trinajstić information content (AvgIpc) is 3.40. The van der Waals surface area contributed by atoms with Crippen LogP contribution in [0.3, 0.4) is 0 Å². The van der Waals surface area contributed by atoms with Gasteiger partial charge >= 0.3 is 18.1 Å². The number of urea groups is 1. The number of ether oxygens (including phenoxy) is 1. The van der Waals surface area contributed by atoms with Crippen molar-refractivity contribution in [3.63, 3.8) is 0 Å². The van der Waals surface area contributed by atoms with Crippen LogP contribution in [0.4, 0.5) is 9.59 Å². The minimum Gasteiger partial charge on any atom is -0.479 e. The summed E-state index contributed by atoms with van der Waals surface area (Å²) in [7, 11) is 1.52. The van der Waals surface area contributed by atoms with E-state index in [0.717, 1.165) is 5.56 Å². The van der Waals surface area contributed by atoms with Crippen LogP contribution in [-0.2, 0) is 25.5 Å². The number of carboxylic acids is 1. The van der Waals surface area contributed by atoms with E-state index in [0.29, 0.717) is 0 Å². The zero-order valence-corrected chi connectivity index (χ0v) is 25.8. The number of hydrogen-bond acceptors (Lipinski definition) is 8. The van der Waals surface area contributed by atoms with Crippen LogP contribution in [0.1, 0.15) is 40.2 Å². The summed E-state index contributed by atoms with van der Waals surface area (Å²) in [6.45, 7) is 9.05. The number of carbonyl (C=O) groups is 5. The number of hydrogen-bond donors (Lipinski definition) is 5. The summed E-state index contributed by atoms with van der Waals surface area (Å²) in [5, 5.41) is 27.6. The zero-order valence-electron chi connectivity index (χ0n) is 25.0. The van der Waals surface area contributed by atoms with Gasteiger partial charge in [-0.1, -0.05) is 44.2 Å². The van der Waals surface area contributed by atoms with Crippen LogP contribution in [0.5, 0.6) is 0 Å². The SMILES string of the molecule is CC(C)[C@H](NC(=O)N(C)CCNC(=O)OC(C)(C)C)C(=O)N1CSC[C@H]1C(=O)N[C@@H](Cc1ccccc1)C(O)C(=O)O. The van der Waals surface area contributed by atoms with E-state index in [1.165, 1.54) is 28.6 Å². The first-order valence-corrected chi connectivity index (χ1v) is 14.9. The predicted molar refractivity (Wildman–Crippen MR) is 158 cm³/mol. The van der Waals surface area contributed by atoms with E-state index in [2.05, 4.69) is 16.0 Å². The molecule has 1 heterocycles.